The van der Waals surface area contributed by atoms with E-state index in [-0.39, 0.29) is 17.6 Å². The van der Waals surface area contributed by atoms with Crippen molar-refractivity contribution in [2.75, 3.05) is 13.1 Å². The van der Waals surface area contributed by atoms with Crippen molar-refractivity contribution in [2.45, 2.75) is 70.1 Å². The van der Waals surface area contributed by atoms with Gasteiger partial charge >= 0.3 is 6.18 Å². The van der Waals surface area contributed by atoms with E-state index in [1.807, 2.05) is 36.6 Å². The van der Waals surface area contributed by atoms with E-state index in [4.69, 9.17) is 4.98 Å². The van der Waals surface area contributed by atoms with Crippen molar-refractivity contribution in [3.63, 3.8) is 0 Å². The molecule has 0 N–H and O–H groups in total. The molecule has 1 saturated carbocycles. The largest absolute Gasteiger partial charge is 0.416 e. The number of fused-ring (bicyclic) bond motifs is 1. The molecule has 2 unspecified atom stereocenters. The molecule has 2 heterocycles. The molecular formula is C35H36F3N3O. The molecule has 4 nitrogen and oxygen atoms in total. The Bertz CT molecular complexity index is 1590. The molecule has 0 radical (unpaired) electrons. The Kier molecular flexibility index (Phi) is 7.79. The molecule has 0 bridgehead atoms. The summed E-state index contributed by atoms with van der Waals surface area (Å²) in [6.07, 6.45) is 0.561. The van der Waals surface area contributed by atoms with E-state index in [2.05, 4.69) is 41.3 Å². The van der Waals surface area contributed by atoms with Crippen molar-refractivity contribution in [1.29, 1.82) is 0 Å². The minimum Gasteiger partial charge on any atom is -0.296 e. The highest BCUT2D eigenvalue weighted by atomic mass is 19.4. The summed E-state index contributed by atoms with van der Waals surface area (Å²) < 4.78 is 41.1. The number of aromatic nitrogens is 2. The maximum absolute atomic E-state index is 14.3. The van der Waals surface area contributed by atoms with Gasteiger partial charge in [-0.3, -0.25) is 14.3 Å². The molecule has 2 aliphatic rings. The molecule has 0 saturated heterocycles. The van der Waals surface area contributed by atoms with E-state index in [1.165, 1.54) is 24.8 Å². The van der Waals surface area contributed by atoms with Gasteiger partial charge in [-0.15, -0.1) is 0 Å². The number of hydrogen-bond acceptors (Lipinski definition) is 3. The number of benzene rings is 3. The number of nitrogens with zero attached hydrogens (tertiary/aromatic N) is 3. The molecule has 3 aromatic carbocycles. The number of hydrogen-bond donors (Lipinski definition) is 0. The molecule has 1 aliphatic heterocycles. The predicted octanol–water partition coefficient (Wildman–Crippen LogP) is 7.64. The molecule has 6 rings (SSSR count). The number of alkyl halides is 3. The second-order valence-electron chi connectivity index (χ2n) is 11.7. The molecule has 7 heteroatoms. The average Bonchev–Trinajstić information content (AvgIpc) is 3.17. The maximum Gasteiger partial charge on any atom is 0.416 e. The smallest absolute Gasteiger partial charge is 0.296 e. The number of rotatable bonds is 6. The first kappa shape index (κ1) is 28.4. The first-order chi connectivity index (χ1) is 20.2. The second-order valence-corrected chi connectivity index (χ2v) is 11.7. The fourth-order valence-corrected chi connectivity index (χ4v) is 6.48. The van der Waals surface area contributed by atoms with E-state index in [9.17, 15) is 18.0 Å². The van der Waals surface area contributed by atoms with Crippen LogP contribution in [0.2, 0.25) is 0 Å². The van der Waals surface area contributed by atoms with Gasteiger partial charge in [0.1, 0.15) is 5.82 Å². The summed E-state index contributed by atoms with van der Waals surface area (Å²) in [5.74, 6) is 1.32. The first-order valence-electron chi connectivity index (χ1n) is 14.9. The zero-order valence-corrected chi connectivity index (χ0v) is 24.1. The molecule has 4 aromatic rings. The lowest BCUT2D eigenvalue weighted by atomic mass is 9.79. The van der Waals surface area contributed by atoms with E-state index in [0.29, 0.717) is 37.7 Å². The van der Waals surface area contributed by atoms with Gasteiger partial charge in [-0.2, -0.15) is 13.2 Å². The van der Waals surface area contributed by atoms with Crippen LogP contribution >= 0.6 is 0 Å². The van der Waals surface area contributed by atoms with E-state index < -0.39 is 11.7 Å². The SMILES string of the molecule is Cc1nc2c(c(=O)n1C(c1ccccc1)c1ccc(C3CCC3)cc1)CCN(C(C)c1ccc(C(F)(F)F)cc1)CC2. The monoisotopic (exact) mass is 571 g/mol. The highest BCUT2D eigenvalue weighted by Crippen LogP contribution is 2.37. The lowest BCUT2D eigenvalue weighted by Crippen LogP contribution is -2.33. The Morgan fingerprint density at radius 2 is 1.45 bits per heavy atom. The third kappa shape index (κ3) is 5.54. The summed E-state index contributed by atoms with van der Waals surface area (Å²) >= 11 is 0. The van der Waals surface area contributed by atoms with Crippen LogP contribution in [0, 0.1) is 6.92 Å². The van der Waals surface area contributed by atoms with Crippen LogP contribution in [0.15, 0.2) is 83.7 Å². The van der Waals surface area contributed by atoms with E-state index in [0.717, 1.165) is 40.1 Å². The van der Waals surface area contributed by atoms with E-state index >= 15 is 0 Å². The van der Waals surface area contributed by atoms with Gasteiger partial charge in [0.15, 0.2) is 0 Å². The Balaban J connectivity index is 1.31. The van der Waals surface area contributed by atoms with Crippen LogP contribution in [0.5, 0.6) is 0 Å². The third-order valence-corrected chi connectivity index (χ3v) is 9.23. The highest BCUT2D eigenvalue weighted by molar-refractivity contribution is 5.37. The van der Waals surface area contributed by atoms with Crippen molar-refractivity contribution in [3.8, 4) is 0 Å². The van der Waals surface area contributed by atoms with Gasteiger partial charge in [0.2, 0.25) is 0 Å². The zero-order valence-electron chi connectivity index (χ0n) is 24.1. The Morgan fingerprint density at radius 1 is 0.833 bits per heavy atom. The molecule has 1 aliphatic carbocycles. The van der Waals surface area contributed by atoms with Crippen LogP contribution in [0.4, 0.5) is 13.2 Å². The minimum atomic E-state index is -4.36. The summed E-state index contributed by atoms with van der Waals surface area (Å²) in [4.78, 5) is 21.5. The molecule has 218 valence electrons. The van der Waals surface area contributed by atoms with E-state index in [1.54, 1.807) is 12.1 Å². The Hall–Kier alpha value is -3.71. The van der Waals surface area contributed by atoms with Crippen LogP contribution in [0.3, 0.4) is 0 Å². The highest BCUT2D eigenvalue weighted by Gasteiger charge is 2.31. The van der Waals surface area contributed by atoms with Crippen molar-refractivity contribution in [2.24, 2.45) is 0 Å². The van der Waals surface area contributed by atoms with Gasteiger partial charge in [0, 0.05) is 31.1 Å². The van der Waals surface area contributed by atoms with Crippen molar-refractivity contribution in [1.82, 2.24) is 14.5 Å². The predicted molar refractivity (Wildman–Crippen MR) is 159 cm³/mol. The lowest BCUT2D eigenvalue weighted by molar-refractivity contribution is -0.137. The Labute approximate surface area is 244 Å². The van der Waals surface area contributed by atoms with Crippen LogP contribution in [-0.4, -0.2) is 27.5 Å². The summed E-state index contributed by atoms with van der Waals surface area (Å²) in [6.45, 7) is 5.22. The first-order valence-corrected chi connectivity index (χ1v) is 14.9. The van der Waals surface area contributed by atoms with Crippen LogP contribution in [-0.2, 0) is 19.0 Å². The van der Waals surface area contributed by atoms with Gasteiger partial charge in [-0.25, -0.2) is 4.98 Å². The topological polar surface area (TPSA) is 38.1 Å². The summed E-state index contributed by atoms with van der Waals surface area (Å²) in [6, 6.07) is 23.9. The summed E-state index contributed by atoms with van der Waals surface area (Å²) in [5.41, 5.74) is 5.17. The van der Waals surface area contributed by atoms with Gasteiger partial charge in [0.25, 0.3) is 5.56 Å². The second kappa shape index (κ2) is 11.5. The Morgan fingerprint density at radius 3 is 2.07 bits per heavy atom. The average molecular weight is 572 g/mol. The summed E-state index contributed by atoms with van der Waals surface area (Å²) in [5, 5.41) is 0. The van der Waals surface area contributed by atoms with Gasteiger partial charge in [-0.05, 0) is 73.4 Å². The normalized spacial score (nSPS) is 17.6. The number of aryl methyl sites for hydroxylation is 1. The quantitative estimate of drug-likeness (QED) is 0.239. The summed E-state index contributed by atoms with van der Waals surface area (Å²) in [7, 11) is 0. The third-order valence-electron chi connectivity index (χ3n) is 9.23. The molecule has 1 aromatic heterocycles. The molecule has 0 spiro atoms. The molecule has 1 fully saturated rings. The van der Waals surface area contributed by atoms with Gasteiger partial charge in [0.05, 0.1) is 17.3 Å². The van der Waals surface area contributed by atoms with Crippen molar-refractivity contribution in [3.05, 3.63) is 134 Å². The fourth-order valence-electron chi connectivity index (χ4n) is 6.48. The van der Waals surface area contributed by atoms with Gasteiger partial charge in [-0.1, -0.05) is 73.2 Å². The lowest BCUT2D eigenvalue weighted by Gasteiger charge is -2.28. The van der Waals surface area contributed by atoms with Crippen LogP contribution in [0.1, 0.15) is 89.1 Å². The molecule has 2 atom stereocenters. The molecule has 42 heavy (non-hydrogen) atoms. The standard InChI is InChI=1S/C35H36F3N3O/c1-23(25-15-17-30(18-16-25)35(36,37)38)40-21-19-31-32(20-22-40)39-24(2)41(34(31)42)33(28-7-4-3-5-8-28)29-13-11-27(12-14-29)26-9-6-10-26/h3-5,7-8,11-18,23,26,33H,6,9-10,19-22H2,1-2H3. The minimum absolute atomic E-state index is 0.0153. The zero-order chi connectivity index (χ0) is 29.4. The maximum atomic E-state index is 14.3. The van der Waals surface area contributed by atoms with Crippen LogP contribution in [0.25, 0.3) is 0 Å². The fraction of sp³-hybridized carbons (Fsp3) is 0.371. The van der Waals surface area contributed by atoms with Crippen molar-refractivity contribution < 1.29 is 13.2 Å². The van der Waals surface area contributed by atoms with Crippen molar-refractivity contribution >= 4 is 0 Å². The molecule has 0 amide bonds. The van der Waals surface area contributed by atoms with Crippen LogP contribution < -0.4 is 5.56 Å². The van der Waals surface area contributed by atoms with Gasteiger partial charge < -0.3 is 0 Å². The number of halogens is 3. The molecular weight excluding hydrogens is 535 g/mol.